The highest BCUT2D eigenvalue weighted by molar-refractivity contribution is 6.84. The average molecular weight is 481 g/mol. The molecule has 0 fully saturated rings. The van der Waals surface area contributed by atoms with Crippen LogP contribution in [0.3, 0.4) is 0 Å². The summed E-state index contributed by atoms with van der Waals surface area (Å²) in [6.45, 7) is 19.9. The summed E-state index contributed by atoms with van der Waals surface area (Å²) >= 11 is 0. The Morgan fingerprint density at radius 2 is 0.914 bits per heavy atom. The fraction of sp³-hybridized carbons (Fsp3) is 0.529. The van der Waals surface area contributed by atoms with Crippen LogP contribution in [-0.2, 0) is 25.7 Å². The zero-order valence-corrected chi connectivity index (χ0v) is 24.5. The van der Waals surface area contributed by atoms with E-state index in [0.717, 1.165) is 0 Å². The normalized spacial score (nSPS) is 22.2. The third kappa shape index (κ3) is 2.91. The lowest BCUT2D eigenvalue weighted by Crippen LogP contribution is -2.47. The minimum Gasteiger partial charge on any atom is -0.0678 e. The Labute approximate surface area is 214 Å². The first-order chi connectivity index (χ1) is 16.8. The van der Waals surface area contributed by atoms with E-state index < -0.39 is 8.07 Å². The third-order valence-electron chi connectivity index (χ3n) is 11.1. The minimum absolute atomic E-state index is 0.657. The first-order valence-electron chi connectivity index (χ1n) is 14.4. The summed E-state index contributed by atoms with van der Waals surface area (Å²) in [7, 11) is -1.82. The average Bonchev–Trinajstić information content (AvgIpc) is 3.63. The van der Waals surface area contributed by atoms with Crippen molar-refractivity contribution < 1.29 is 0 Å². The van der Waals surface area contributed by atoms with Gasteiger partial charge in [-0.2, -0.15) is 0 Å². The molecule has 2 unspecified atom stereocenters. The number of hydrogen-bond acceptors (Lipinski definition) is 0. The van der Waals surface area contributed by atoms with Crippen LogP contribution in [-0.4, -0.2) is 8.07 Å². The second-order valence-electron chi connectivity index (χ2n) is 12.4. The van der Waals surface area contributed by atoms with E-state index in [9.17, 15) is 0 Å². The molecule has 35 heavy (non-hydrogen) atoms. The molecule has 0 aliphatic heterocycles. The predicted molar refractivity (Wildman–Crippen MR) is 155 cm³/mol. The highest BCUT2D eigenvalue weighted by Crippen LogP contribution is 2.58. The Morgan fingerprint density at radius 3 is 1.26 bits per heavy atom. The fourth-order valence-corrected chi connectivity index (χ4v) is 15.8. The first kappa shape index (κ1) is 23.5. The van der Waals surface area contributed by atoms with Crippen LogP contribution >= 0.6 is 0 Å². The molecule has 0 N–H and O–H groups in total. The molecule has 6 rings (SSSR count). The van der Waals surface area contributed by atoms with Gasteiger partial charge in [-0.05, 0) is 147 Å². The van der Waals surface area contributed by atoms with Crippen molar-refractivity contribution in [1.82, 2.24) is 0 Å². The van der Waals surface area contributed by atoms with E-state index in [1.165, 1.54) is 50.6 Å². The van der Waals surface area contributed by atoms with Crippen molar-refractivity contribution in [3.63, 3.8) is 0 Å². The van der Waals surface area contributed by atoms with E-state index in [1.54, 1.807) is 77.9 Å². The SMILES string of the molecule is CC[Si](CC)(C1C(C)=Cc2c(C)c3c(c(C)c21)CCC3)C1C(C)=Cc2c(C)c3c(c(C)c21)CCC3. The second-order valence-corrected chi connectivity index (χ2v) is 17.4. The summed E-state index contributed by atoms with van der Waals surface area (Å²) in [4.78, 5) is 0. The van der Waals surface area contributed by atoms with Gasteiger partial charge >= 0.3 is 0 Å². The van der Waals surface area contributed by atoms with E-state index in [1.807, 2.05) is 0 Å². The van der Waals surface area contributed by atoms with Gasteiger partial charge in [0, 0.05) is 11.1 Å². The van der Waals surface area contributed by atoms with E-state index in [-0.39, 0.29) is 0 Å². The summed E-state index contributed by atoms with van der Waals surface area (Å²) in [6.07, 6.45) is 13.1. The van der Waals surface area contributed by atoms with Crippen LogP contribution < -0.4 is 0 Å². The summed E-state index contributed by atoms with van der Waals surface area (Å²) < 4.78 is 0. The molecule has 0 heterocycles. The molecule has 2 aromatic rings. The maximum absolute atomic E-state index is 2.63. The quantitative estimate of drug-likeness (QED) is 0.383. The van der Waals surface area contributed by atoms with Crippen LogP contribution in [0.15, 0.2) is 11.1 Å². The van der Waals surface area contributed by atoms with Gasteiger partial charge in [-0.15, -0.1) is 0 Å². The lowest BCUT2D eigenvalue weighted by atomic mass is 9.90. The molecule has 0 spiro atoms. The summed E-state index contributed by atoms with van der Waals surface area (Å²) in [5.41, 5.74) is 24.8. The zero-order chi connectivity index (χ0) is 24.8. The fourth-order valence-electron chi connectivity index (χ4n) is 9.51. The molecule has 4 aliphatic carbocycles. The van der Waals surface area contributed by atoms with Crippen LogP contribution in [0.4, 0.5) is 0 Å². The van der Waals surface area contributed by atoms with Crippen molar-refractivity contribution in [3.05, 3.63) is 77.9 Å². The Balaban J connectivity index is 1.60. The highest BCUT2D eigenvalue weighted by atomic mass is 28.3. The van der Waals surface area contributed by atoms with Crippen LogP contribution in [0.25, 0.3) is 12.2 Å². The molecule has 184 valence electrons. The van der Waals surface area contributed by atoms with Gasteiger partial charge in [0.2, 0.25) is 0 Å². The van der Waals surface area contributed by atoms with E-state index >= 15 is 0 Å². The summed E-state index contributed by atoms with van der Waals surface area (Å²) in [5, 5.41) is 0. The third-order valence-corrected chi connectivity index (χ3v) is 17.6. The van der Waals surface area contributed by atoms with Gasteiger partial charge in [-0.3, -0.25) is 0 Å². The second kappa shape index (κ2) is 8.07. The van der Waals surface area contributed by atoms with Crippen molar-refractivity contribution in [1.29, 1.82) is 0 Å². The largest absolute Gasteiger partial charge is 0.0776 e. The Kier molecular flexibility index (Phi) is 5.43. The molecule has 0 aromatic heterocycles. The lowest BCUT2D eigenvalue weighted by Gasteiger charge is -2.45. The lowest BCUT2D eigenvalue weighted by molar-refractivity contribution is 0.890. The van der Waals surface area contributed by atoms with Crippen LogP contribution in [0.1, 0.15) is 118 Å². The van der Waals surface area contributed by atoms with E-state index in [2.05, 4.69) is 67.5 Å². The van der Waals surface area contributed by atoms with Gasteiger partial charge in [0.05, 0.1) is 8.07 Å². The van der Waals surface area contributed by atoms with Gasteiger partial charge in [0.1, 0.15) is 0 Å². The molecule has 0 bridgehead atoms. The Hall–Kier alpha value is -1.86. The number of rotatable bonds is 4. The summed E-state index contributed by atoms with van der Waals surface area (Å²) in [6, 6.07) is 2.72. The van der Waals surface area contributed by atoms with Crippen molar-refractivity contribution in [2.45, 2.75) is 117 Å². The highest BCUT2D eigenvalue weighted by Gasteiger charge is 2.52. The maximum atomic E-state index is 2.63. The molecular weight excluding hydrogens is 436 g/mol. The van der Waals surface area contributed by atoms with E-state index in [0.29, 0.717) is 11.1 Å². The van der Waals surface area contributed by atoms with Crippen molar-refractivity contribution in [2.75, 3.05) is 0 Å². The van der Waals surface area contributed by atoms with Crippen LogP contribution in [0, 0.1) is 27.7 Å². The molecule has 0 saturated heterocycles. The molecule has 0 nitrogen and oxygen atoms in total. The first-order valence-corrected chi connectivity index (χ1v) is 17.0. The number of allylic oxidation sites excluding steroid dienone is 2. The van der Waals surface area contributed by atoms with Gasteiger partial charge in [0.15, 0.2) is 0 Å². The predicted octanol–water partition coefficient (Wildman–Crippen LogP) is 9.17. The molecule has 4 aliphatic rings. The topological polar surface area (TPSA) is 0 Å². The minimum atomic E-state index is -1.82. The standard InChI is InChI=1S/C34H44Si/c1-9-35(10-2,33-19(3)17-29-21(5)25-13-11-15-27(25)23(7)31(29)33)34-20(4)18-30-22(6)26-14-12-16-28(26)24(8)32(30)34/h17-18,33-34H,9-16H2,1-8H3. The van der Waals surface area contributed by atoms with Crippen molar-refractivity contribution in [2.24, 2.45) is 0 Å². The molecule has 2 atom stereocenters. The van der Waals surface area contributed by atoms with Gasteiger partial charge in [-0.25, -0.2) is 0 Å². The van der Waals surface area contributed by atoms with Crippen LogP contribution in [0.5, 0.6) is 0 Å². The summed E-state index contributed by atoms with van der Waals surface area (Å²) in [5.74, 6) is 0. The molecule has 1 heteroatoms. The van der Waals surface area contributed by atoms with E-state index in [4.69, 9.17) is 0 Å². The molecule has 0 radical (unpaired) electrons. The zero-order valence-electron chi connectivity index (χ0n) is 23.5. The maximum Gasteiger partial charge on any atom is 0.0776 e. The monoisotopic (exact) mass is 480 g/mol. The number of hydrogen-bond donors (Lipinski definition) is 0. The van der Waals surface area contributed by atoms with Crippen molar-refractivity contribution in [3.8, 4) is 0 Å². The van der Waals surface area contributed by atoms with Gasteiger partial charge in [0.25, 0.3) is 0 Å². The van der Waals surface area contributed by atoms with Gasteiger partial charge < -0.3 is 0 Å². The molecular formula is C34H44Si. The smallest absolute Gasteiger partial charge is 0.0678 e. The van der Waals surface area contributed by atoms with Crippen molar-refractivity contribution >= 4 is 20.2 Å². The molecule has 2 aromatic carbocycles. The van der Waals surface area contributed by atoms with Crippen LogP contribution in [0.2, 0.25) is 12.1 Å². The van der Waals surface area contributed by atoms with Gasteiger partial charge in [-0.1, -0.05) is 49.2 Å². The Morgan fingerprint density at radius 1 is 0.571 bits per heavy atom. The molecule has 0 saturated carbocycles. The number of benzene rings is 2. The number of fused-ring (bicyclic) bond motifs is 4. The Bertz CT molecular complexity index is 1230. The molecule has 0 amide bonds.